The lowest BCUT2D eigenvalue weighted by molar-refractivity contribution is -0.157. The number of hydrogen-bond donors (Lipinski definition) is 1. The normalized spacial score (nSPS) is 22.9. The summed E-state index contributed by atoms with van der Waals surface area (Å²) in [6.45, 7) is 4.38. The molecule has 7 nitrogen and oxygen atoms in total. The van der Waals surface area contributed by atoms with Crippen LogP contribution in [0.25, 0.3) is 0 Å². The summed E-state index contributed by atoms with van der Waals surface area (Å²) in [5.41, 5.74) is 6.88. The summed E-state index contributed by atoms with van der Waals surface area (Å²) < 4.78 is 4.82. The van der Waals surface area contributed by atoms with Gasteiger partial charge in [0.1, 0.15) is 6.04 Å². The van der Waals surface area contributed by atoms with E-state index in [0.717, 1.165) is 5.56 Å². The van der Waals surface area contributed by atoms with Crippen LogP contribution in [0.5, 0.6) is 0 Å². The lowest BCUT2D eigenvalue weighted by Gasteiger charge is -2.42. The van der Waals surface area contributed by atoms with Gasteiger partial charge in [0, 0.05) is 6.54 Å². The van der Waals surface area contributed by atoms with Crippen LogP contribution in [0, 0.1) is 0 Å². The van der Waals surface area contributed by atoms with Crippen LogP contribution in [0.15, 0.2) is 24.3 Å². The van der Waals surface area contributed by atoms with Crippen molar-refractivity contribution in [3.8, 4) is 0 Å². The summed E-state index contributed by atoms with van der Waals surface area (Å²) in [6, 6.07) is 6.64. The molecule has 0 saturated carbocycles. The van der Waals surface area contributed by atoms with E-state index < -0.39 is 23.6 Å². The molecule has 25 heavy (non-hydrogen) atoms. The lowest BCUT2D eigenvalue weighted by atomic mass is 9.94. The fourth-order valence-corrected chi connectivity index (χ4v) is 4.03. The molecule has 134 valence electrons. The van der Waals surface area contributed by atoms with Crippen LogP contribution in [0.2, 0.25) is 0 Å². The van der Waals surface area contributed by atoms with Gasteiger partial charge in [-0.25, -0.2) is 4.79 Å². The van der Waals surface area contributed by atoms with E-state index in [2.05, 4.69) is 11.0 Å². The molecule has 2 heterocycles. The molecule has 0 bridgehead atoms. The maximum atomic E-state index is 13.1. The van der Waals surface area contributed by atoms with Crippen molar-refractivity contribution < 1.29 is 19.1 Å². The minimum absolute atomic E-state index is 0.170. The van der Waals surface area contributed by atoms with Crippen molar-refractivity contribution in [2.75, 3.05) is 7.11 Å². The number of nitrogens with two attached hydrogens (primary N) is 1. The zero-order chi connectivity index (χ0) is 18.4. The van der Waals surface area contributed by atoms with Crippen molar-refractivity contribution in [2.45, 2.75) is 51.0 Å². The first-order valence-corrected chi connectivity index (χ1v) is 8.30. The number of hydrogen-bond acceptors (Lipinski definition) is 5. The molecule has 1 saturated heterocycles. The number of methoxy groups -OCH3 is 1. The molecule has 0 aliphatic carbocycles. The van der Waals surface area contributed by atoms with E-state index in [1.54, 1.807) is 0 Å². The highest BCUT2D eigenvalue weighted by Crippen LogP contribution is 2.40. The standard InChI is InChI=1S/C18H23N3O4/c1-18(2)20-10-12-7-5-4-6-11(12)8-13(20)16(23)21(18)14(9-15(19)22)17(24)25-3/h4-7,13-14H,8-10H2,1-3H3,(H2,19,22)/t13-,14-/m0/s1. The molecule has 2 aliphatic rings. The Labute approximate surface area is 146 Å². The van der Waals surface area contributed by atoms with Crippen LogP contribution in [-0.4, -0.2) is 52.4 Å². The highest BCUT2D eigenvalue weighted by Gasteiger charge is 2.56. The van der Waals surface area contributed by atoms with Crippen molar-refractivity contribution in [1.82, 2.24) is 9.80 Å². The first-order chi connectivity index (χ1) is 11.8. The van der Waals surface area contributed by atoms with Crippen molar-refractivity contribution in [3.63, 3.8) is 0 Å². The Kier molecular flexibility index (Phi) is 4.28. The number of ether oxygens (including phenoxy) is 1. The van der Waals surface area contributed by atoms with Gasteiger partial charge in [-0.3, -0.25) is 14.5 Å². The predicted molar refractivity (Wildman–Crippen MR) is 90.0 cm³/mol. The molecule has 0 spiro atoms. The van der Waals surface area contributed by atoms with Gasteiger partial charge in [0.25, 0.3) is 0 Å². The number of esters is 1. The Morgan fingerprint density at radius 1 is 1.32 bits per heavy atom. The molecule has 2 amide bonds. The summed E-state index contributed by atoms with van der Waals surface area (Å²) in [4.78, 5) is 40.4. The van der Waals surface area contributed by atoms with Gasteiger partial charge in [0.2, 0.25) is 11.8 Å². The number of fused-ring (bicyclic) bond motifs is 2. The van der Waals surface area contributed by atoms with E-state index in [1.807, 2.05) is 32.0 Å². The Balaban J connectivity index is 1.99. The Morgan fingerprint density at radius 2 is 1.96 bits per heavy atom. The van der Waals surface area contributed by atoms with Gasteiger partial charge in [-0.05, 0) is 31.4 Å². The Morgan fingerprint density at radius 3 is 2.56 bits per heavy atom. The lowest BCUT2D eigenvalue weighted by Crippen LogP contribution is -2.57. The Bertz CT molecular complexity index is 731. The predicted octanol–water partition coefficient (Wildman–Crippen LogP) is 0.409. The van der Waals surface area contributed by atoms with Crippen LogP contribution in [0.4, 0.5) is 0 Å². The van der Waals surface area contributed by atoms with E-state index in [4.69, 9.17) is 10.5 Å². The molecule has 1 aromatic carbocycles. The number of carbonyl (C=O) groups is 3. The summed E-state index contributed by atoms with van der Waals surface area (Å²) in [5.74, 6) is -1.44. The van der Waals surface area contributed by atoms with E-state index in [1.165, 1.54) is 17.6 Å². The van der Waals surface area contributed by atoms with Crippen molar-refractivity contribution in [2.24, 2.45) is 5.73 Å². The van der Waals surface area contributed by atoms with Crippen LogP contribution in [0.3, 0.4) is 0 Å². The van der Waals surface area contributed by atoms with E-state index in [9.17, 15) is 14.4 Å². The van der Waals surface area contributed by atoms with Crippen molar-refractivity contribution in [1.29, 1.82) is 0 Å². The van der Waals surface area contributed by atoms with Gasteiger partial charge in [-0.2, -0.15) is 0 Å². The monoisotopic (exact) mass is 345 g/mol. The molecule has 2 aliphatic heterocycles. The second-order valence-corrected chi connectivity index (χ2v) is 7.03. The SMILES string of the molecule is COC(=O)[C@H](CC(N)=O)N1C(=O)[C@@H]2Cc3ccccc3CN2C1(C)C. The number of benzene rings is 1. The van der Waals surface area contributed by atoms with Crippen LogP contribution in [-0.2, 0) is 32.1 Å². The van der Waals surface area contributed by atoms with Gasteiger partial charge in [0.05, 0.1) is 25.2 Å². The largest absolute Gasteiger partial charge is 0.467 e. The summed E-state index contributed by atoms with van der Waals surface area (Å²) in [6.07, 6.45) is 0.328. The molecule has 2 N–H and O–H groups in total. The van der Waals surface area contributed by atoms with Crippen LogP contribution < -0.4 is 5.73 Å². The van der Waals surface area contributed by atoms with Gasteiger partial charge < -0.3 is 15.4 Å². The van der Waals surface area contributed by atoms with E-state index in [0.29, 0.717) is 13.0 Å². The molecule has 2 atom stereocenters. The zero-order valence-corrected chi connectivity index (χ0v) is 14.7. The van der Waals surface area contributed by atoms with E-state index in [-0.39, 0.29) is 18.4 Å². The van der Waals surface area contributed by atoms with Crippen LogP contribution in [0.1, 0.15) is 31.4 Å². The zero-order valence-electron chi connectivity index (χ0n) is 14.7. The molecule has 0 aromatic heterocycles. The van der Waals surface area contributed by atoms with Crippen molar-refractivity contribution >= 4 is 17.8 Å². The third-order valence-electron chi connectivity index (χ3n) is 5.24. The van der Waals surface area contributed by atoms with Crippen molar-refractivity contribution in [3.05, 3.63) is 35.4 Å². The first-order valence-electron chi connectivity index (χ1n) is 8.30. The maximum absolute atomic E-state index is 13.1. The number of carbonyl (C=O) groups excluding carboxylic acids is 3. The molecule has 7 heteroatoms. The van der Waals surface area contributed by atoms with Gasteiger partial charge in [0.15, 0.2) is 0 Å². The number of primary amides is 1. The highest BCUT2D eigenvalue weighted by molar-refractivity contribution is 5.93. The van der Waals surface area contributed by atoms with Gasteiger partial charge in [-0.15, -0.1) is 0 Å². The van der Waals surface area contributed by atoms with Crippen LogP contribution >= 0.6 is 0 Å². The van der Waals surface area contributed by atoms with Gasteiger partial charge in [-0.1, -0.05) is 24.3 Å². The quantitative estimate of drug-likeness (QED) is 0.798. The Hall–Kier alpha value is -2.41. The van der Waals surface area contributed by atoms with E-state index >= 15 is 0 Å². The smallest absolute Gasteiger partial charge is 0.329 e. The van der Waals surface area contributed by atoms with Gasteiger partial charge >= 0.3 is 5.97 Å². The molecule has 1 aromatic rings. The third-order valence-corrected chi connectivity index (χ3v) is 5.24. The minimum Gasteiger partial charge on any atom is -0.467 e. The topological polar surface area (TPSA) is 92.9 Å². The molecule has 0 radical (unpaired) electrons. The third kappa shape index (κ3) is 2.78. The second-order valence-electron chi connectivity index (χ2n) is 7.03. The molecular weight excluding hydrogens is 322 g/mol. The molecular formula is C18H23N3O4. The minimum atomic E-state index is -1.02. The molecule has 0 unspecified atom stereocenters. The fraction of sp³-hybridized carbons (Fsp3) is 0.500. The fourth-order valence-electron chi connectivity index (χ4n) is 4.03. The molecule has 3 rings (SSSR count). The summed E-state index contributed by atoms with van der Waals surface area (Å²) in [5, 5.41) is 0. The number of rotatable bonds is 4. The second kappa shape index (κ2) is 6.15. The average molecular weight is 345 g/mol. The number of nitrogens with zero attached hydrogens (tertiary/aromatic N) is 2. The highest BCUT2D eigenvalue weighted by atomic mass is 16.5. The maximum Gasteiger partial charge on any atom is 0.329 e. The first kappa shape index (κ1) is 17.4. The average Bonchev–Trinajstić information content (AvgIpc) is 2.76. The summed E-state index contributed by atoms with van der Waals surface area (Å²) in [7, 11) is 1.24. The number of amides is 2. The molecule has 1 fully saturated rings. The summed E-state index contributed by atoms with van der Waals surface area (Å²) >= 11 is 0.